The number of unbranched alkanes of at least 4 members (excludes halogenated alkanes) is 27. The Balaban J connectivity index is 4.02. The first-order valence-corrected chi connectivity index (χ1v) is 30.2. The number of allylic oxidation sites excluding steroid dienone is 16. The van der Waals surface area contributed by atoms with Crippen LogP contribution in [-0.4, -0.2) is 37.2 Å². The number of hydrogen-bond donors (Lipinski definition) is 0. The fourth-order valence-corrected chi connectivity index (χ4v) is 8.31. The van der Waals surface area contributed by atoms with Crippen molar-refractivity contribution in [3.05, 3.63) is 97.2 Å². The lowest BCUT2D eigenvalue weighted by Gasteiger charge is -2.18. The van der Waals surface area contributed by atoms with Crippen LogP contribution in [0.2, 0.25) is 0 Å². The molecular weight excluding hydrogens is 889 g/mol. The van der Waals surface area contributed by atoms with Crippen LogP contribution in [0.3, 0.4) is 0 Å². The van der Waals surface area contributed by atoms with Crippen LogP contribution in [0.5, 0.6) is 0 Å². The van der Waals surface area contributed by atoms with Crippen LogP contribution in [0.1, 0.15) is 284 Å². The molecule has 6 nitrogen and oxygen atoms in total. The van der Waals surface area contributed by atoms with Crippen molar-refractivity contribution in [2.24, 2.45) is 0 Å². The number of esters is 3. The molecule has 0 saturated heterocycles. The maximum Gasteiger partial charge on any atom is 0.306 e. The van der Waals surface area contributed by atoms with Crippen molar-refractivity contribution < 1.29 is 28.6 Å². The molecule has 0 saturated carbocycles. The first kappa shape index (κ1) is 68.3. The van der Waals surface area contributed by atoms with Crippen LogP contribution in [-0.2, 0) is 28.6 Å². The van der Waals surface area contributed by atoms with Gasteiger partial charge < -0.3 is 14.2 Å². The SMILES string of the molecule is CC/C=C\C/C=C\C/C=C\C/C=C\C/C=C\C/C=C\C/C=C\CCCCCCCCCCCCCCCC(=O)OCC(COC(=O)CCCCCCCCCCC)OC(=O)CCCCCCC/C=C\CCC. The Kier molecular flexibility index (Phi) is 56.8. The van der Waals surface area contributed by atoms with E-state index in [-0.39, 0.29) is 31.1 Å². The van der Waals surface area contributed by atoms with Crippen LogP contribution >= 0.6 is 0 Å². The minimum absolute atomic E-state index is 0.0774. The Morgan fingerprint density at radius 2 is 0.569 bits per heavy atom. The molecule has 0 aliphatic heterocycles. The molecule has 1 atom stereocenters. The summed E-state index contributed by atoms with van der Waals surface area (Å²) < 4.78 is 16.8. The van der Waals surface area contributed by atoms with Gasteiger partial charge in [-0.2, -0.15) is 0 Å². The predicted molar refractivity (Wildman–Crippen MR) is 311 cm³/mol. The van der Waals surface area contributed by atoms with E-state index < -0.39 is 6.10 Å². The lowest BCUT2D eigenvalue weighted by atomic mass is 10.0. The number of rotatable bonds is 54. The number of ether oxygens (including phenoxy) is 3. The maximum absolute atomic E-state index is 12.7. The molecule has 0 aromatic rings. The van der Waals surface area contributed by atoms with Gasteiger partial charge in [-0.05, 0) is 96.3 Å². The first-order chi connectivity index (χ1) is 35.5. The highest BCUT2D eigenvalue weighted by atomic mass is 16.6. The standard InChI is InChI=1S/C66H112O6/c1-4-7-10-13-16-19-21-22-23-24-25-26-27-28-29-30-31-32-33-34-35-36-37-38-39-40-41-42-43-44-45-48-50-53-56-59-65(68)71-62-63(61-70-64(67)58-55-52-49-46-18-15-12-9-6-3)72-66(69)60-57-54-51-47-20-17-14-11-8-5-2/h7,10-11,14,16,19,22-23,25-26,28-29,31-32,34-35,63H,4-6,8-9,12-13,15,17-18,20-21,24,27,30,33,36-62H2,1-3H3/b10-7-,14-11-,19-16-,23-22-,26-25-,29-28-,32-31-,35-34-. The van der Waals surface area contributed by atoms with E-state index in [1.54, 1.807) is 0 Å². The van der Waals surface area contributed by atoms with Crippen molar-refractivity contribution in [2.45, 2.75) is 290 Å². The van der Waals surface area contributed by atoms with Crippen molar-refractivity contribution in [1.29, 1.82) is 0 Å². The van der Waals surface area contributed by atoms with Crippen molar-refractivity contribution in [3.8, 4) is 0 Å². The smallest absolute Gasteiger partial charge is 0.306 e. The number of hydrogen-bond acceptors (Lipinski definition) is 6. The van der Waals surface area contributed by atoms with E-state index in [0.29, 0.717) is 19.3 Å². The molecule has 0 amide bonds. The molecule has 0 bridgehead atoms. The molecule has 0 fully saturated rings. The lowest BCUT2D eigenvalue weighted by molar-refractivity contribution is -0.167. The van der Waals surface area contributed by atoms with Crippen LogP contribution in [0.25, 0.3) is 0 Å². The molecule has 0 aromatic carbocycles. The Morgan fingerprint density at radius 3 is 0.917 bits per heavy atom. The van der Waals surface area contributed by atoms with Crippen LogP contribution in [0, 0.1) is 0 Å². The number of carbonyl (C=O) groups excluding carboxylic acids is 3. The van der Waals surface area contributed by atoms with Gasteiger partial charge in [0.25, 0.3) is 0 Å². The summed E-state index contributed by atoms with van der Waals surface area (Å²) in [5, 5.41) is 0. The van der Waals surface area contributed by atoms with Crippen molar-refractivity contribution in [2.75, 3.05) is 13.2 Å². The van der Waals surface area contributed by atoms with Crippen LogP contribution < -0.4 is 0 Å². The summed E-state index contributed by atoms with van der Waals surface area (Å²) >= 11 is 0. The van der Waals surface area contributed by atoms with Crippen molar-refractivity contribution in [3.63, 3.8) is 0 Å². The molecular formula is C66H112O6. The Labute approximate surface area is 445 Å². The Bertz CT molecular complexity index is 1430. The summed E-state index contributed by atoms with van der Waals surface area (Å²) in [4.78, 5) is 37.9. The highest BCUT2D eigenvalue weighted by molar-refractivity contribution is 5.71. The zero-order valence-corrected chi connectivity index (χ0v) is 47.2. The van der Waals surface area contributed by atoms with Crippen LogP contribution in [0.4, 0.5) is 0 Å². The fraction of sp³-hybridized carbons (Fsp3) is 0.712. The molecule has 72 heavy (non-hydrogen) atoms. The van der Waals surface area contributed by atoms with Gasteiger partial charge in [0.2, 0.25) is 0 Å². The second kappa shape index (κ2) is 59.9. The van der Waals surface area contributed by atoms with Crippen LogP contribution in [0.15, 0.2) is 97.2 Å². The minimum atomic E-state index is -0.776. The Morgan fingerprint density at radius 1 is 0.292 bits per heavy atom. The predicted octanol–water partition coefficient (Wildman–Crippen LogP) is 20.5. The third-order valence-corrected chi connectivity index (χ3v) is 12.8. The third-order valence-electron chi connectivity index (χ3n) is 12.8. The minimum Gasteiger partial charge on any atom is -0.462 e. The molecule has 0 N–H and O–H groups in total. The molecule has 412 valence electrons. The summed E-state index contributed by atoms with van der Waals surface area (Å²) in [6.07, 6.45) is 80.1. The van der Waals surface area contributed by atoms with E-state index in [1.807, 2.05) is 0 Å². The van der Waals surface area contributed by atoms with E-state index in [0.717, 1.165) is 122 Å². The van der Waals surface area contributed by atoms with Gasteiger partial charge in [0.05, 0.1) is 0 Å². The molecule has 0 aliphatic carbocycles. The summed E-state index contributed by atoms with van der Waals surface area (Å²) in [5.41, 5.74) is 0. The van der Waals surface area contributed by atoms with Crippen molar-refractivity contribution in [1.82, 2.24) is 0 Å². The number of carbonyl (C=O) groups is 3. The highest BCUT2D eigenvalue weighted by Gasteiger charge is 2.19. The monoisotopic (exact) mass is 1000 g/mol. The molecule has 0 radical (unpaired) electrons. The second-order valence-corrected chi connectivity index (χ2v) is 19.9. The average Bonchev–Trinajstić information content (AvgIpc) is 3.38. The van der Waals surface area contributed by atoms with Gasteiger partial charge in [0.1, 0.15) is 13.2 Å². The summed E-state index contributed by atoms with van der Waals surface area (Å²) in [7, 11) is 0. The molecule has 0 spiro atoms. The molecule has 6 heteroatoms. The molecule has 1 unspecified atom stereocenters. The second-order valence-electron chi connectivity index (χ2n) is 19.9. The van der Waals surface area contributed by atoms with Gasteiger partial charge in [-0.15, -0.1) is 0 Å². The van der Waals surface area contributed by atoms with E-state index in [9.17, 15) is 14.4 Å². The zero-order chi connectivity index (χ0) is 52.2. The summed E-state index contributed by atoms with van der Waals surface area (Å²) in [5.74, 6) is -0.889. The Hall–Kier alpha value is -3.67. The van der Waals surface area contributed by atoms with Gasteiger partial charge in [-0.3, -0.25) is 14.4 Å². The molecule has 0 rings (SSSR count). The van der Waals surface area contributed by atoms with Gasteiger partial charge in [0.15, 0.2) is 6.10 Å². The largest absolute Gasteiger partial charge is 0.462 e. The van der Waals surface area contributed by atoms with Gasteiger partial charge in [-0.25, -0.2) is 0 Å². The normalized spacial score (nSPS) is 12.8. The molecule has 0 heterocycles. The fourth-order valence-electron chi connectivity index (χ4n) is 8.31. The van der Waals surface area contributed by atoms with Gasteiger partial charge in [0, 0.05) is 19.3 Å². The third kappa shape index (κ3) is 57.2. The van der Waals surface area contributed by atoms with Crippen molar-refractivity contribution >= 4 is 17.9 Å². The highest BCUT2D eigenvalue weighted by Crippen LogP contribution is 2.16. The maximum atomic E-state index is 12.7. The van der Waals surface area contributed by atoms with E-state index in [2.05, 4.69) is 118 Å². The molecule has 0 aromatic heterocycles. The summed E-state index contributed by atoms with van der Waals surface area (Å²) in [6, 6.07) is 0. The average molecular weight is 1000 g/mol. The van der Waals surface area contributed by atoms with Gasteiger partial charge >= 0.3 is 17.9 Å². The zero-order valence-electron chi connectivity index (χ0n) is 47.2. The topological polar surface area (TPSA) is 78.9 Å². The lowest BCUT2D eigenvalue weighted by Crippen LogP contribution is -2.30. The van der Waals surface area contributed by atoms with Gasteiger partial charge in [-0.1, -0.05) is 266 Å². The molecule has 0 aliphatic rings. The quantitative estimate of drug-likeness (QED) is 0.0261. The van der Waals surface area contributed by atoms with E-state index in [1.165, 1.54) is 122 Å². The first-order valence-electron chi connectivity index (χ1n) is 30.2. The van der Waals surface area contributed by atoms with E-state index in [4.69, 9.17) is 14.2 Å². The summed E-state index contributed by atoms with van der Waals surface area (Å²) in [6.45, 7) is 6.44. The van der Waals surface area contributed by atoms with E-state index >= 15 is 0 Å².